The van der Waals surface area contributed by atoms with Crippen molar-refractivity contribution in [3.8, 4) is 11.4 Å². The second-order valence-corrected chi connectivity index (χ2v) is 11.7. The maximum atomic E-state index is 14.5. The van der Waals surface area contributed by atoms with Gasteiger partial charge in [0.15, 0.2) is 0 Å². The van der Waals surface area contributed by atoms with Crippen molar-refractivity contribution in [3.05, 3.63) is 75.7 Å². The molecule has 1 aromatic heterocycles. The first-order valence-electron chi connectivity index (χ1n) is 15.3. The number of nitrogens with two attached hydrogens (primary N) is 1. The van der Waals surface area contributed by atoms with Crippen LogP contribution in [-0.4, -0.2) is 81.6 Å². The zero-order valence-electron chi connectivity index (χ0n) is 24.5. The molecule has 0 unspecified atom stereocenters. The normalized spacial score (nSPS) is 21.0. The summed E-state index contributed by atoms with van der Waals surface area (Å²) in [6.45, 7) is 2.13. The van der Waals surface area contributed by atoms with Gasteiger partial charge in [-0.1, -0.05) is 29.7 Å². The van der Waals surface area contributed by atoms with E-state index in [1.54, 1.807) is 28.1 Å². The van der Waals surface area contributed by atoms with E-state index in [0.717, 1.165) is 37.0 Å². The Hall–Kier alpha value is -4.23. The topological polar surface area (TPSA) is 148 Å². The first-order chi connectivity index (χ1) is 21.4. The molecule has 2 aliphatic heterocycles. The van der Waals surface area contributed by atoms with Gasteiger partial charge in [-0.05, 0) is 60.7 Å². The summed E-state index contributed by atoms with van der Waals surface area (Å²) in [7, 11) is 0. The molecule has 44 heavy (non-hydrogen) atoms. The van der Waals surface area contributed by atoms with E-state index in [2.05, 4.69) is 20.8 Å². The summed E-state index contributed by atoms with van der Waals surface area (Å²) in [5.74, 6) is 0.109. The van der Waals surface area contributed by atoms with Crippen molar-refractivity contribution < 1.29 is 18.7 Å². The number of aromatic nitrogens is 3. The zero-order chi connectivity index (χ0) is 30.6. The van der Waals surface area contributed by atoms with Crippen molar-refractivity contribution in [2.24, 2.45) is 10.9 Å². The summed E-state index contributed by atoms with van der Waals surface area (Å²) in [5.41, 5.74) is 8.36. The predicted octanol–water partition coefficient (Wildman–Crippen LogP) is 3.34. The summed E-state index contributed by atoms with van der Waals surface area (Å²) >= 11 is 0. The third-order valence-corrected chi connectivity index (χ3v) is 8.79. The first-order valence-corrected chi connectivity index (χ1v) is 15.3. The van der Waals surface area contributed by atoms with Gasteiger partial charge in [0.1, 0.15) is 23.8 Å². The first kappa shape index (κ1) is 29.8. The predicted molar refractivity (Wildman–Crippen MR) is 160 cm³/mol. The van der Waals surface area contributed by atoms with Crippen molar-refractivity contribution >= 4 is 11.8 Å². The second kappa shape index (κ2) is 13.2. The Kier molecular flexibility index (Phi) is 8.94. The van der Waals surface area contributed by atoms with Gasteiger partial charge >= 0.3 is 0 Å². The average Bonchev–Trinajstić information content (AvgIpc) is 3.74. The van der Waals surface area contributed by atoms with Crippen LogP contribution in [0.15, 0.2) is 47.8 Å². The minimum atomic E-state index is -0.560. The number of amides is 2. The maximum Gasteiger partial charge on any atom is 0.254 e. The molecule has 0 bridgehead atoms. The van der Waals surface area contributed by atoms with Crippen LogP contribution in [0.2, 0.25) is 0 Å². The van der Waals surface area contributed by atoms with Crippen LogP contribution in [-0.2, 0) is 6.54 Å². The molecule has 1 saturated carbocycles. The number of carbonyl (C=O) groups is 2. The van der Waals surface area contributed by atoms with Crippen LogP contribution in [0.25, 0.3) is 5.69 Å². The van der Waals surface area contributed by atoms with Gasteiger partial charge in [0.05, 0.1) is 17.6 Å². The monoisotopic (exact) mass is 604 g/mol. The Morgan fingerprint density at radius 2 is 1.73 bits per heavy atom. The lowest BCUT2D eigenvalue weighted by Gasteiger charge is -2.35. The molecule has 2 aromatic carbocycles. The van der Waals surface area contributed by atoms with Gasteiger partial charge in [0.25, 0.3) is 11.8 Å². The molecule has 3 fully saturated rings. The summed E-state index contributed by atoms with van der Waals surface area (Å²) in [4.78, 5) is 41.3. The lowest BCUT2D eigenvalue weighted by atomic mass is 9.83. The Balaban J connectivity index is 1.13. The third kappa shape index (κ3) is 6.48. The molecule has 2 amide bonds. The molecule has 3 aromatic rings. The summed E-state index contributed by atoms with van der Waals surface area (Å²) in [6, 6.07) is 9.71. The number of nitrogens with one attached hydrogen (secondary N) is 1. The molecule has 0 spiro atoms. The van der Waals surface area contributed by atoms with Crippen molar-refractivity contribution in [2.75, 3.05) is 32.7 Å². The van der Waals surface area contributed by atoms with Crippen molar-refractivity contribution in [1.82, 2.24) is 30.1 Å². The van der Waals surface area contributed by atoms with Crippen molar-refractivity contribution in [2.45, 2.75) is 63.3 Å². The number of benzene rings is 2. The fourth-order valence-corrected chi connectivity index (χ4v) is 6.38. The molecular weight excluding hydrogens is 567 g/mol. The van der Waals surface area contributed by atoms with E-state index in [9.17, 15) is 18.9 Å². The third-order valence-electron chi connectivity index (χ3n) is 8.79. The van der Waals surface area contributed by atoms with E-state index in [0.29, 0.717) is 62.0 Å². The van der Waals surface area contributed by atoms with Crippen LogP contribution >= 0.6 is 0 Å². The molecule has 232 valence electrons. The van der Waals surface area contributed by atoms with Gasteiger partial charge in [0, 0.05) is 56.8 Å². The summed E-state index contributed by atoms with van der Waals surface area (Å²) in [6.07, 6.45) is 7.10. The van der Waals surface area contributed by atoms with Crippen LogP contribution in [0.3, 0.4) is 0 Å². The largest absolute Gasteiger partial charge is 0.489 e. The highest BCUT2D eigenvalue weighted by molar-refractivity contribution is 5.96. The van der Waals surface area contributed by atoms with Crippen molar-refractivity contribution in [1.29, 1.82) is 0 Å². The van der Waals surface area contributed by atoms with Gasteiger partial charge in [-0.15, -0.1) is 10.0 Å². The second-order valence-electron chi connectivity index (χ2n) is 11.7. The van der Waals surface area contributed by atoms with Crippen LogP contribution in [0.1, 0.15) is 76.4 Å². The van der Waals surface area contributed by atoms with E-state index < -0.39 is 12.0 Å². The lowest BCUT2D eigenvalue weighted by molar-refractivity contribution is 0.0535. The molecule has 6 rings (SSSR count). The number of hydrogen-bond acceptors (Lipinski definition) is 9. The van der Waals surface area contributed by atoms with Gasteiger partial charge < -0.3 is 20.3 Å². The van der Waals surface area contributed by atoms with Gasteiger partial charge in [0.2, 0.25) is 0 Å². The zero-order valence-corrected chi connectivity index (χ0v) is 24.5. The molecule has 0 radical (unpaired) electrons. The number of piperazine rings is 1. The van der Waals surface area contributed by atoms with Crippen LogP contribution in [0.4, 0.5) is 4.39 Å². The number of rotatable bonds is 8. The fraction of sp³-hybridized carbons (Fsp3) is 0.484. The van der Waals surface area contributed by atoms with E-state index in [-0.39, 0.29) is 30.0 Å². The Labute approximate surface area is 254 Å². The molecule has 1 aliphatic carbocycles. The van der Waals surface area contributed by atoms with Crippen LogP contribution in [0.5, 0.6) is 5.75 Å². The fourth-order valence-electron chi connectivity index (χ4n) is 6.38. The Morgan fingerprint density at radius 1 is 1.00 bits per heavy atom. The van der Waals surface area contributed by atoms with Crippen LogP contribution in [0, 0.1) is 10.7 Å². The number of halogens is 1. The number of carbonyl (C=O) groups excluding carboxylic acids is 2. The van der Waals surface area contributed by atoms with E-state index in [1.165, 1.54) is 23.2 Å². The van der Waals surface area contributed by atoms with Gasteiger partial charge in [-0.2, -0.15) is 0 Å². The average molecular weight is 605 g/mol. The molecule has 12 nitrogen and oxygen atoms in total. The number of ether oxygens (including phenoxy) is 1. The SMILES string of the molecule is NCc1cn(-c2cc(F)cc(C(=O)N3CCN(C(=O)c4ccc(O[C@@H]5CN[C@@H](N=O)C5)c(C5CCCCC5)c4)CC3)c2)nn1. The lowest BCUT2D eigenvalue weighted by Crippen LogP contribution is -2.50. The standard InChI is InChI=1S/C31H37FN8O4/c32-23-12-22(13-25(15-23)40-19-24(17-33)35-37-40)31(42)39-10-8-38(9-11-39)30(41)21-6-7-28(44-26-16-29(36-43)34-18-26)27(14-21)20-4-2-1-3-5-20/h6-7,12-15,19-20,26,29,34H,1-5,8-11,16-18,33H2/t26-,29-/m0/s1. The highest BCUT2D eigenvalue weighted by Gasteiger charge is 2.30. The molecule has 3 heterocycles. The van der Waals surface area contributed by atoms with Gasteiger partial charge in [-0.25, -0.2) is 9.07 Å². The minimum absolute atomic E-state index is 0.0941. The highest BCUT2D eigenvalue weighted by atomic mass is 19.1. The highest BCUT2D eigenvalue weighted by Crippen LogP contribution is 2.39. The molecule has 3 N–H and O–H groups in total. The number of nitrogens with zero attached hydrogens (tertiary/aromatic N) is 6. The number of hydrogen-bond donors (Lipinski definition) is 2. The van der Waals surface area contributed by atoms with E-state index >= 15 is 0 Å². The van der Waals surface area contributed by atoms with Crippen LogP contribution < -0.4 is 15.8 Å². The van der Waals surface area contributed by atoms with Gasteiger partial charge in [-0.3, -0.25) is 14.9 Å². The van der Waals surface area contributed by atoms with Crippen molar-refractivity contribution in [3.63, 3.8) is 0 Å². The van der Waals surface area contributed by atoms with E-state index in [4.69, 9.17) is 10.5 Å². The Bertz CT molecular complexity index is 1520. The summed E-state index contributed by atoms with van der Waals surface area (Å²) in [5, 5.41) is 14.1. The molecular formula is C31H37FN8O4. The molecule has 13 heteroatoms. The molecule has 2 saturated heterocycles. The minimum Gasteiger partial charge on any atom is -0.489 e. The number of nitroso groups, excluding NO2 is 1. The smallest absolute Gasteiger partial charge is 0.254 e. The summed E-state index contributed by atoms with van der Waals surface area (Å²) < 4.78 is 22.2. The molecule has 2 atom stereocenters. The maximum absolute atomic E-state index is 14.5. The Morgan fingerprint density at radius 3 is 2.39 bits per heavy atom. The quantitative estimate of drug-likeness (QED) is 0.372. The van der Waals surface area contributed by atoms with E-state index in [1.807, 2.05) is 12.1 Å². The molecule has 3 aliphatic rings.